The summed E-state index contributed by atoms with van der Waals surface area (Å²) in [5.74, 6) is -1.29. The predicted octanol–water partition coefficient (Wildman–Crippen LogP) is 4.47. The molecule has 0 atom stereocenters. The quantitative estimate of drug-likeness (QED) is 0.509. The molecule has 0 unspecified atom stereocenters. The lowest BCUT2D eigenvalue weighted by Gasteiger charge is -2.19. The van der Waals surface area contributed by atoms with Crippen molar-refractivity contribution in [3.63, 3.8) is 0 Å². The van der Waals surface area contributed by atoms with Gasteiger partial charge in [0.1, 0.15) is 23.0 Å². The summed E-state index contributed by atoms with van der Waals surface area (Å²) in [7, 11) is 0. The molecule has 0 radical (unpaired) electrons. The Bertz CT molecular complexity index is 1280. The van der Waals surface area contributed by atoms with E-state index in [1.165, 1.54) is 26.0 Å². The van der Waals surface area contributed by atoms with E-state index in [1.54, 1.807) is 12.1 Å². The predicted molar refractivity (Wildman–Crippen MR) is 116 cm³/mol. The minimum Gasteiger partial charge on any atom is -0.507 e. The van der Waals surface area contributed by atoms with Crippen LogP contribution in [0.5, 0.6) is 11.5 Å². The van der Waals surface area contributed by atoms with Crippen molar-refractivity contribution in [1.29, 1.82) is 0 Å². The molecular formula is C25H20O6. The van der Waals surface area contributed by atoms with Crippen molar-refractivity contribution in [1.82, 2.24) is 0 Å². The number of hydrogen-bond donors (Lipinski definition) is 2. The second-order valence-corrected chi connectivity index (χ2v) is 7.31. The van der Waals surface area contributed by atoms with Crippen molar-refractivity contribution >= 4 is 0 Å². The van der Waals surface area contributed by atoms with E-state index >= 15 is 0 Å². The van der Waals surface area contributed by atoms with Gasteiger partial charge in [0, 0.05) is 12.1 Å². The van der Waals surface area contributed by atoms with Crippen LogP contribution in [0.25, 0.3) is 11.1 Å². The SMILES string of the molecule is Cc1cc(O)c(C(c2ccc(-c3ccccc3)cc2)c2c(O)cc(C)oc2=O)c(=O)o1. The third-order valence-corrected chi connectivity index (χ3v) is 5.11. The first kappa shape index (κ1) is 20.2. The maximum Gasteiger partial charge on any atom is 0.343 e. The molecule has 0 aliphatic carbocycles. The average Bonchev–Trinajstić information content (AvgIpc) is 2.72. The zero-order valence-electron chi connectivity index (χ0n) is 17.0. The highest BCUT2D eigenvalue weighted by Gasteiger charge is 2.30. The highest BCUT2D eigenvalue weighted by Crippen LogP contribution is 2.38. The van der Waals surface area contributed by atoms with Crippen LogP contribution in [0.2, 0.25) is 0 Å². The summed E-state index contributed by atoms with van der Waals surface area (Å²) < 4.78 is 10.4. The van der Waals surface area contributed by atoms with Gasteiger partial charge in [0.25, 0.3) is 0 Å². The smallest absolute Gasteiger partial charge is 0.343 e. The third kappa shape index (κ3) is 3.88. The fourth-order valence-corrected chi connectivity index (χ4v) is 3.72. The standard InChI is InChI=1S/C25H20O6/c1-14-12-19(26)22(24(28)30-14)21(23-20(27)13-15(2)31-25(23)29)18-10-8-17(9-11-18)16-6-4-3-5-7-16/h3-13,21,26-27H,1-2H3. The molecule has 0 fully saturated rings. The Hall–Kier alpha value is -4.06. The highest BCUT2D eigenvalue weighted by atomic mass is 16.4. The topological polar surface area (TPSA) is 101 Å². The number of aromatic hydroxyl groups is 2. The molecule has 0 aliphatic heterocycles. The maximum absolute atomic E-state index is 12.7. The van der Waals surface area contributed by atoms with Gasteiger partial charge in [0.2, 0.25) is 0 Å². The molecule has 4 rings (SSSR count). The molecule has 2 N–H and O–H groups in total. The van der Waals surface area contributed by atoms with Gasteiger partial charge in [-0.2, -0.15) is 0 Å². The van der Waals surface area contributed by atoms with E-state index in [1.807, 2.05) is 42.5 Å². The van der Waals surface area contributed by atoms with Gasteiger partial charge >= 0.3 is 11.3 Å². The Morgan fingerprint density at radius 2 is 1.13 bits per heavy atom. The normalized spacial score (nSPS) is 11.1. The lowest BCUT2D eigenvalue weighted by atomic mass is 9.85. The minimum atomic E-state index is -1.08. The van der Waals surface area contributed by atoms with Gasteiger partial charge in [-0.05, 0) is 30.5 Å². The molecule has 0 bridgehead atoms. The van der Waals surface area contributed by atoms with Crippen LogP contribution in [0.4, 0.5) is 0 Å². The minimum absolute atomic E-state index is 0.149. The number of benzene rings is 2. The fraction of sp³-hybridized carbons (Fsp3) is 0.120. The molecular weight excluding hydrogens is 396 g/mol. The van der Waals surface area contributed by atoms with Crippen LogP contribution in [-0.2, 0) is 0 Å². The summed E-state index contributed by atoms with van der Waals surface area (Å²) in [6, 6.07) is 19.5. The maximum atomic E-state index is 12.7. The van der Waals surface area contributed by atoms with Gasteiger partial charge in [-0.15, -0.1) is 0 Å². The molecule has 0 spiro atoms. The van der Waals surface area contributed by atoms with Crippen molar-refractivity contribution in [2.45, 2.75) is 19.8 Å². The highest BCUT2D eigenvalue weighted by molar-refractivity contribution is 5.64. The molecule has 2 heterocycles. The molecule has 6 heteroatoms. The molecule has 6 nitrogen and oxygen atoms in total. The van der Waals surface area contributed by atoms with Crippen LogP contribution in [0.3, 0.4) is 0 Å². The Labute approximate surface area is 177 Å². The molecule has 0 amide bonds. The summed E-state index contributed by atoms with van der Waals surface area (Å²) in [6.07, 6.45) is 0. The van der Waals surface area contributed by atoms with Crippen molar-refractivity contribution in [2.24, 2.45) is 0 Å². The molecule has 156 valence electrons. The molecule has 0 aliphatic rings. The summed E-state index contributed by atoms with van der Waals surface area (Å²) in [5, 5.41) is 21.1. The first-order chi connectivity index (χ1) is 14.8. The van der Waals surface area contributed by atoms with Gasteiger partial charge in [-0.1, -0.05) is 54.6 Å². The van der Waals surface area contributed by atoms with Crippen molar-refractivity contribution in [2.75, 3.05) is 0 Å². The van der Waals surface area contributed by atoms with E-state index in [9.17, 15) is 19.8 Å². The van der Waals surface area contributed by atoms with E-state index in [4.69, 9.17) is 8.83 Å². The van der Waals surface area contributed by atoms with Crippen LogP contribution < -0.4 is 11.3 Å². The monoisotopic (exact) mass is 416 g/mol. The van der Waals surface area contributed by atoms with E-state index in [2.05, 4.69) is 0 Å². The van der Waals surface area contributed by atoms with E-state index in [-0.39, 0.29) is 34.1 Å². The van der Waals surface area contributed by atoms with Gasteiger partial charge in [0.05, 0.1) is 17.0 Å². The van der Waals surface area contributed by atoms with Crippen LogP contribution in [0, 0.1) is 13.8 Å². The van der Waals surface area contributed by atoms with Crippen LogP contribution in [0.1, 0.15) is 34.1 Å². The first-order valence-electron chi connectivity index (χ1n) is 9.67. The molecule has 4 aromatic rings. The van der Waals surface area contributed by atoms with Gasteiger partial charge < -0.3 is 19.0 Å². The Morgan fingerprint density at radius 1 is 0.677 bits per heavy atom. The summed E-state index contributed by atoms with van der Waals surface area (Å²) in [6.45, 7) is 3.07. The Morgan fingerprint density at radius 3 is 1.58 bits per heavy atom. The summed E-state index contributed by atoms with van der Waals surface area (Å²) >= 11 is 0. The summed E-state index contributed by atoms with van der Waals surface area (Å²) in [4.78, 5) is 25.4. The van der Waals surface area contributed by atoms with Crippen LogP contribution in [0.15, 0.2) is 85.2 Å². The van der Waals surface area contributed by atoms with Crippen LogP contribution >= 0.6 is 0 Å². The Balaban J connectivity index is 1.95. The second-order valence-electron chi connectivity index (χ2n) is 7.31. The largest absolute Gasteiger partial charge is 0.507 e. The van der Waals surface area contributed by atoms with Gasteiger partial charge in [-0.25, -0.2) is 9.59 Å². The van der Waals surface area contributed by atoms with E-state index < -0.39 is 17.2 Å². The van der Waals surface area contributed by atoms with Gasteiger partial charge in [-0.3, -0.25) is 0 Å². The number of aryl methyl sites for hydroxylation is 2. The lowest BCUT2D eigenvalue weighted by molar-refractivity contribution is 0.407. The van der Waals surface area contributed by atoms with E-state index in [0.717, 1.165) is 11.1 Å². The zero-order chi connectivity index (χ0) is 22.1. The van der Waals surface area contributed by atoms with Crippen molar-refractivity contribution in [3.05, 3.63) is 116 Å². The molecule has 31 heavy (non-hydrogen) atoms. The molecule has 0 saturated heterocycles. The molecule has 2 aromatic carbocycles. The molecule has 2 aromatic heterocycles. The van der Waals surface area contributed by atoms with Gasteiger partial charge in [0.15, 0.2) is 0 Å². The average molecular weight is 416 g/mol. The van der Waals surface area contributed by atoms with Crippen LogP contribution in [-0.4, -0.2) is 10.2 Å². The summed E-state index contributed by atoms with van der Waals surface area (Å²) in [5.41, 5.74) is 0.555. The fourth-order valence-electron chi connectivity index (χ4n) is 3.72. The third-order valence-electron chi connectivity index (χ3n) is 5.11. The van der Waals surface area contributed by atoms with Crippen molar-refractivity contribution < 1.29 is 19.0 Å². The number of hydrogen-bond acceptors (Lipinski definition) is 6. The van der Waals surface area contributed by atoms with E-state index in [0.29, 0.717) is 5.56 Å². The first-order valence-corrected chi connectivity index (χ1v) is 9.67. The van der Waals surface area contributed by atoms with Crippen molar-refractivity contribution in [3.8, 4) is 22.6 Å². The molecule has 0 saturated carbocycles. The second kappa shape index (κ2) is 7.99. The zero-order valence-corrected chi connectivity index (χ0v) is 17.0. The number of rotatable bonds is 4. The lowest BCUT2D eigenvalue weighted by Crippen LogP contribution is -2.21. The Kier molecular flexibility index (Phi) is 5.21.